The first-order valence-corrected chi connectivity index (χ1v) is 8.32. The summed E-state index contributed by atoms with van der Waals surface area (Å²) in [5.74, 6) is 0.891. The third kappa shape index (κ3) is 3.59. The first-order valence-electron chi connectivity index (χ1n) is 8.32. The molecule has 0 unspecified atom stereocenters. The van der Waals surface area contributed by atoms with E-state index in [1.54, 1.807) is 25.1 Å². The van der Waals surface area contributed by atoms with E-state index in [4.69, 9.17) is 9.47 Å². The van der Waals surface area contributed by atoms with Crippen LogP contribution in [-0.4, -0.2) is 29.5 Å². The van der Waals surface area contributed by atoms with Gasteiger partial charge in [0, 0.05) is 11.3 Å². The zero-order valence-corrected chi connectivity index (χ0v) is 14.7. The standard InChI is InChI=1S/C19H15F2N3O4/c1-10-6-12(28-19(20)21)3-4-13(10)22-18(25)15-8-14(23-24-15)11-2-5-16-17(7-11)27-9-26-16/h2-8,19H,9H2,1H3,(H,22,25)(H,23,24). The lowest BCUT2D eigenvalue weighted by Gasteiger charge is -2.10. The molecule has 0 aliphatic carbocycles. The van der Waals surface area contributed by atoms with E-state index in [0.29, 0.717) is 28.4 Å². The monoisotopic (exact) mass is 387 g/mol. The van der Waals surface area contributed by atoms with Gasteiger partial charge in [-0.25, -0.2) is 0 Å². The van der Waals surface area contributed by atoms with Crippen molar-refractivity contribution in [2.45, 2.75) is 13.5 Å². The van der Waals surface area contributed by atoms with Gasteiger partial charge in [-0.15, -0.1) is 0 Å². The zero-order valence-electron chi connectivity index (χ0n) is 14.7. The van der Waals surface area contributed by atoms with Crippen LogP contribution in [0.2, 0.25) is 0 Å². The van der Waals surface area contributed by atoms with E-state index in [0.717, 1.165) is 5.56 Å². The van der Waals surface area contributed by atoms with Crippen molar-refractivity contribution in [3.63, 3.8) is 0 Å². The van der Waals surface area contributed by atoms with Crippen LogP contribution in [0.25, 0.3) is 11.3 Å². The zero-order chi connectivity index (χ0) is 19.7. The van der Waals surface area contributed by atoms with Crippen LogP contribution in [0.4, 0.5) is 14.5 Å². The van der Waals surface area contributed by atoms with E-state index in [2.05, 4.69) is 20.3 Å². The third-order valence-electron chi connectivity index (χ3n) is 4.16. The predicted octanol–water partition coefficient (Wildman–Crippen LogP) is 3.97. The number of alkyl halides is 2. The normalized spacial score (nSPS) is 12.3. The van der Waals surface area contributed by atoms with Crippen LogP contribution in [-0.2, 0) is 0 Å². The maximum absolute atomic E-state index is 12.5. The Hall–Kier alpha value is -3.62. The quantitative estimate of drug-likeness (QED) is 0.692. The summed E-state index contributed by atoms with van der Waals surface area (Å²) in [5.41, 5.74) is 2.65. The molecule has 4 rings (SSSR count). The van der Waals surface area contributed by atoms with Gasteiger partial charge in [-0.05, 0) is 55.0 Å². The summed E-state index contributed by atoms with van der Waals surface area (Å²) in [6.07, 6.45) is 0. The molecule has 144 valence electrons. The van der Waals surface area contributed by atoms with E-state index < -0.39 is 12.5 Å². The van der Waals surface area contributed by atoms with Crippen LogP contribution >= 0.6 is 0 Å². The minimum absolute atomic E-state index is 0.0251. The Morgan fingerprint density at radius 1 is 1.18 bits per heavy atom. The molecule has 0 fully saturated rings. The van der Waals surface area contributed by atoms with Gasteiger partial charge in [0.1, 0.15) is 11.4 Å². The van der Waals surface area contributed by atoms with Crippen molar-refractivity contribution in [3.05, 3.63) is 53.7 Å². The Balaban J connectivity index is 1.49. The number of aromatic nitrogens is 2. The maximum atomic E-state index is 12.5. The number of hydrogen-bond acceptors (Lipinski definition) is 5. The Morgan fingerprint density at radius 2 is 2.00 bits per heavy atom. The fraction of sp³-hybridized carbons (Fsp3) is 0.158. The summed E-state index contributed by atoms with van der Waals surface area (Å²) >= 11 is 0. The van der Waals surface area contributed by atoms with E-state index in [9.17, 15) is 13.6 Å². The fourth-order valence-corrected chi connectivity index (χ4v) is 2.78. The van der Waals surface area contributed by atoms with Crippen molar-refractivity contribution in [2.24, 2.45) is 0 Å². The third-order valence-corrected chi connectivity index (χ3v) is 4.16. The minimum atomic E-state index is -2.90. The first-order chi connectivity index (χ1) is 13.5. The average Bonchev–Trinajstić information content (AvgIpc) is 3.31. The Kier molecular flexibility index (Phi) is 4.56. The number of anilines is 1. The van der Waals surface area contributed by atoms with Gasteiger partial charge < -0.3 is 19.5 Å². The lowest BCUT2D eigenvalue weighted by molar-refractivity contribution is -0.0498. The lowest BCUT2D eigenvalue weighted by Crippen LogP contribution is -2.13. The number of halogens is 2. The van der Waals surface area contributed by atoms with Gasteiger partial charge >= 0.3 is 6.61 Å². The summed E-state index contributed by atoms with van der Waals surface area (Å²) in [5, 5.41) is 9.56. The molecule has 3 aromatic rings. The van der Waals surface area contributed by atoms with Crippen molar-refractivity contribution >= 4 is 11.6 Å². The van der Waals surface area contributed by atoms with E-state index in [1.807, 2.05) is 6.07 Å². The van der Waals surface area contributed by atoms with Gasteiger partial charge in [0.2, 0.25) is 6.79 Å². The van der Waals surface area contributed by atoms with Gasteiger partial charge in [0.05, 0.1) is 5.69 Å². The Labute approximate surface area is 158 Å². The molecule has 2 heterocycles. The smallest absolute Gasteiger partial charge is 0.387 e. The number of nitrogens with one attached hydrogen (secondary N) is 2. The van der Waals surface area contributed by atoms with Crippen molar-refractivity contribution in [1.82, 2.24) is 10.2 Å². The number of carbonyl (C=O) groups excluding carboxylic acids is 1. The summed E-state index contributed by atoms with van der Waals surface area (Å²) in [6.45, 7) is -1.05. The molecule has 2 aromatic carbocycles. The molecular weight excluding hydrogens is 372 g/mol. The van der Waals surface area contributed by atoms with Gasteiger partial charge in [0.15, 0.2) is 11.5 Å². The molecule has 9 heteroatoms. The molecule has 0 bridgehead atoms. The second-order valence-electron chi connectivity index (χ2n) is 6.04. The number of benzene rings is 2. The molecule has 7 nitrogen and oxygen atoms in total. The van der Waals surface area contributed by atoms with E-state index in [-0.39, 0.29) is 18.2 Å². The van der Waals surface area contributed by atoms with Crippen molar-refractivity contribution in [1.29, 1.82) is 0 Å². The van der Waals surface area contributed by atoms with Crippen LogP contribution in [0.3, 0.4) is 0 Å². The number of hydrogen-bond donors (Lipinski definition) is 2. The van der Waals surface area contributed by atoms with E-state index >= 15 is 0 Å². The molecule has 0 atom stereocenters. The highest BCUT2D eigenvalue weighted by Crippen LogP contribution is 2.35. The summed E-state index contributed by atoms with van der Waals surface area (Å²) in [7, 11) is 0. The van der Waals surface area contributed by atoms with Crippen LogP contribution < -0.4 is 19.5 Å². The number of nitrogens with zero attached hydrogens (tertiary/aromatic N) is 1. The van der Waals surface area contributed by atoms with Crippen LogP contribution in [0, 0.1) is 6.92 Å². The highest BCUT2D eigenvalue weighted by molar-refractivity contribution is 6.03. The molecule has 28 heavy (non-hydrogen) atoms. The Morgan fingerprint density at radius 3 is 2.79 bits per heavy atom. The highest BCUT2D eigenvalue weighted by Gasteiger charge is 2.17. The molecule has 0 saturated carbocycles. The molecule has 1 aliphatic rings. The molecule has 0 spiro atoms. The van der Waals surface area contributed by atoms with Crippen molar-refractivity contribution in [3.8, 4) is 28.5 Å². The second-order valence-corrected chi connectivity index (χ2v) is 6.04. The molecule has 0 saturated heterocycles. The first kappa shape index (κ1) is 17.8. The number of ether oxygens (including phenoxy) is 3. The summed E-state index contributed by atoms with van der Waals surface area (Å²) in [6, 6.07) is 11.3. The number of carbonyl (C=O) groups is 1. The lowest BCUT2D eigenvalue weighted by atomic mass is 10.1. The molecule has 1 amide bonds. The van der Waals surface area contributed by atoms with Gasteiger partial charge in [-0.2, -0.15) is 13.9 Å². The minimum Gasteiger partial charge on any atom is -0.454 e. The topological polar surface area (TPSA) is 85.5 Å². The molecular formula is C19H15F2N3O4. The summed E-state index contributed by atoms with van der Waals surface area (Å²) < 4.78 is 39.5. The van der Waals surface area contributed by atoms with Crippen molar-refractivity contribution in [2.75, 3.05) is 12.1 Å². The van der Waals surface area contributed by atoms with Gasteiger partial charge in [0.25, 0.3) is 5.91 Å². The summed E-state index contributed by atoms with van der Waals surface area (Å²) in [4.78, 5) is 12.5. The van der Waals surface area contributed by atoms with Crippen molar-refractivity contribution < 1.29 is 27.8 Å². The number of aryl methyl sites for hydroxylation is 1. The number of rotatable bonds is 5. The SMILES string of the molecule is Cc1cc(OC(F)F)ccc1NC(=O)c1cc(-c2ccc3c(c2)OCO3)n[nH]1. The second kappa shape index (κ2) is 7.18. The number of fused-ring (bicyclic) bond motifs is 1. The van der Waals surface area contributed by atoms with Crippen LogP contribution in [0.15, 0.2) is 42.5 Å². The fourth-order valence-electron chi connectivity index (χ4n) is 2.78. The molecule has 1 aliphatic heterocycles. The molecule has 2 N–H and O–H groups in total. The van der Waals surface area contributed by atoms with Crippen LogP contribution in [0.5, 0.6) is 17.2 Å². The van der Waals surface area contributed by atoms with E-state index in [1.165, 1.54) is 18.2 Å². The van der Waals surface area contributed by atoms with Crippen LogP contribution in [0.1, 0.15) is 16.1 Å². The average molecular weight is 387 g/mol. The predicted molar refractivity (Wildman–Crippen MR) is 95.9 cm³/mol. The molecule has 0 radical (unpaired) electrons. The molecule has 1 aromatic heterocycles. The van der Waals surface area contributed by atoms with Gasteiger partial charge in [-0.3, -0.25) is 9.89 Å². The van der Waals surface area contributed by atoms with Gasteiger partial charge in [-0.1, -0.05) is 0 Å². The number of H-pyrrole nitrogens is 1. The highest BCUT2D eigenvalue weighted by atomic mass is 19.3. The number of aromatic amines is 1. The largest absolute Gasteiger partial charge is 0.454 e. The maximum Gasteiger partial charge on any atom is 0.387 e. The Bertz CT molecular complexity index is 1040. The number of amides is 1.